The van der Waals surface area contributed by atoms with Crippen LogP contribution in [0.3, 0.4) is 0 Å². The summed E-state index contributed by atoms with van der Waals surface area (Å²) in [6.45, 7) is 10.6. The molecule has 1 atom stereocenters. The normalized spacial score (nSPS) is 12.8. The molecule has 0 fully saturated rings. The summed E-state index contributed by atoms with van der Waals surface area (Å²) >= 11 is 0. The van der Waals surface area contributed by atoms with Crippen molar-refractivity contribution in [1.82, 2.24) is 15.1 Å². The Morgan fingerprint density at radius 2 is 1.90 bits per heavy atom. The number of aryl methyl sites for hydroxylation is 2. The maximum atomic E-state index is 12.0. The van der Waals surface area contributed by atoms with E-state index in [1.165, 1.54) is 5.56 Å². The van der Waals surface area contributed by atoms with Crippen molar-refractivity contribution in [3.05, 3.63) is 17.0 Å². The summed E-state index contributed by atoms with van der Waals surface area (Å²) in [5.74, 6) is 0.832. The highest BCUT2D eigenvalue weighted by Crippen LogP contribution is 2.14. The maximum absolute atomic E-state index is 12.0. The molecule has 1 amide bonds. The number of carbonyl (C=O) groups is 1. The quantitative estimate of drug-likeness (QED) is 0.834. The van der Waals surface area contributed by atoms with Crippen LogP contribution in [0.4, 0.5) is 0 Å². The van der Waals surface area contributed by atoms with Gasteiger partial charge in [0.1, 0.15) is 0 Å². The first-order valence-corrected chi connectivity index (χ1v) is 7.59. The Kier molecular flexibility index (Phi) is 6.24. The molecule has 0 bridgehead atoms. The van der Waals surface area contributed by atoms with E-state index in [0.29, 0.717) is 12.3 Å². The van der Waals surface area contributed by atoms with Crippen molar-refractivity contribution >= 4 is 5.91 Å². The van der Waals surface area contributed by atoms with Crippen molar-refractivity contribution in [2.75, 3.05) is 0 Å². The highest BCUT2D eigenvalue weighted by atomic mass is 16.1. The third-order valence-electron chi connectivity index (χ3n) is 3.85. The van der Waals surface area contributed by atoms with Gasteiger partial charge >= 0.3 is 0 Å². The van der Waals surface area contributed by atoms with E-state index in [-0.39, 0.29) is 11.9 Å². The molecule has 1 unspecified atom stereocenters. The van der Waals surface area contributed by atoms with Crippen LogP contribution in [-0.4, -0.2) is 21.7 Å². The number of nitrogens with one attached hydrogen (secondary N) is 1. The fraction of sp³-hybridized carbons (Fsp3) is 0.750. The Hall–Kier alpha value is -1.32. The SMILES string of the molecule is Cc1nn(C)c(C)c1CCC(=O)NC(C)CCC(C)C. The number of amides is 1. The van der Waals surface area contributed by atoms with E-state index >= 15 is 0 Å². The van der Waals surface area contributed by atoms with E-state index in [9.17, 15) is 4.79 Å². The molecule has 20 heavy (non-hydrogen) atoms. The van der Waals surface area contributed by atoms with Crippen molar-refractivity contribution in [3.8, 4) is 0 Å². The fourth-order valence-electron chi connectivity index (χ4n) is 2.42. The molecule has 0 saturated carbocycles. The lowest BCUT2D eigenvalue weighted by Gasteiger charge is -2.15. The Morgan fingerprint density at radius 1 is 1.25 bits per heavy atom. The van der Waals surface area contributed by atoms with Gasteiger partial charge in [-0.3, -0.25) is 9.48 Å². The molecule has 1 aromatic heterocycles. The Bertz CT molecular complexity index is 449. The first-order valence-electron chi connectivity index (χ1n) is 7.59. The zero-order chi connectivity index (χ0) is 15.3. The first-order chi connectivity index (χ1) is 9.31. The molecular weight excluding hydrogens is 250 g/mol. The lowest BCUT2D eigenvalue weighted by atomic mass is 10.0. The Morgan fingerprint density at radius 3 is 2.40 bits per heavy atom. The van der Waals surface area contributed by atoms with E-state index in [2.05, 4.69) is 38.1 Å². The van der Waals surface area contributed by atoms with E-state index in [0.717, 1.165) is 30.7 Å². The van der Waals surface area contributed by atoms with Gasteiger partial charge in [-0.25, -0.2) is 0 Å². The molecule has 1 rings (SSSR count). The summed E-state index contributed by atoms with van der Waals surface area (Å²) in [6.07, 6.45) is 3.52. The summed E-state index contributed by atoms with van der Waals surface area (Å²) < 4.78 is 1.88. The minimum Gasteiger partial charge on any atom is -0.354 e. The number of hydrogen-bond acceptors (Lipinski definition) is 2. The van der Waals surface area contributed by atoms with Gasteiger partial charge in [0.25, 0.3) is 0 Å². The zero-order valence-electron chi connectivity index (χ0n) is 13.8. The third-order valence-corrected chi connectivity index (χ3v) is 3.85. The molecule has 0 aromatic carbocycles. The van der Waals surface area contributed by atoms with Crippen molar-refractivity contribution < 1.29 is 4.79 Å². The molecule has 0 aliphatic rings. The zero-order valence-corrected chi connectivity index (χ0v) is 13.8. The molecule has 0 aliphatic heterocycles. The topological polar surface area (TPSA) is 46.9 Å². The highest BCUT2D eigenvalue weighted by Gasteiger charge is 2.12. The molecule has 0 radical (unpaired) electrons. The van der Waals surface area contributed by atoms with Gasteiger partial charge in [0, 0.05) is 25.2 Å². The molecule has 4 nitrogen and oxygen atoms in total. The molecule has 1 heterocycles. The number of hydrogen-bond donors (Lipinski definition) is 1. The van der Waals surface area contributed by atoms with Crippen LogP contribution in [0.1, 0.15) is 57.0 Å². The molecule has 0 saturated heterocycles. The largest absolute Gasteiger partial charge is 0.354 e. The van der Waals surface area contributed by atoms with Crippen LogP contribution in [0, 0.1) is 19.8 Å². The smallest absolute Gasteiger partial charge is 0.220 e. The van der Waals surface area contributed by atoms with Gasteiger partial charge in [-0.05, 0) is 51.5 Å². The van der Waals surface area contributed by atoms with Crippen molar-refractivity contribution in [3.63, 3.8) is 0 Å². The molecular formula is C16H29N3O. The van der Waals surface area contributed by atoms with Gasteiger partial charge in [0.2, 0.25) is 5.91 Å². The van der Waals surface area contributed by atoms with Gasteiger partial charge in [0.05, 0.1) is 5.69 Å². The standard InChI is InChI=1S/C16H29N3O/c1-11(2)7-8-12(3)17-16(20)10-9-15-13(4)18-19(6)14(15)5/h11-12H,7-10H2,1-6H3,(H,17,20). The van der Waals surface area contributed by atoms with Gasteiger partial charge in [-0.15, -0.1) is 0 Å². The average molecular weight is 279 g/mol. The average Bonchev–Trinajstić information content (AvgIpc) is 2.59. The van der Waals surface area contributed by atoms with Crippen LogP contribution in [0.5, 0.6) is 0 Å². The molecule has 1 aromatic rings. The maximum Gasteiger partial charge on any atom is 0.220 e. The van der Waals surface area contributed by atoms with E-state index in [1.807, 2.05) is 18.7 Å². The Labute approximate surface area is 122 Å². The summed E-state index contributed by atoms with van der Waals surface area (Å²) in [7, 11) is 1.94. The number of nitrogens with zero attached hydrogens (tertiary/aromatic N) is 2. The van der Waals surface area contributed by atoms with Gasteiger partial charge in [-0.1, -0.05) is 13.8 Å². The monoisotopic (exact) mass is 279 g/mol. The number of aromatic nitrogens is 2. The summed E-state index contributed by atoms with van der Waals surface area (Å²) in [5.41, 5.74) is 3.39. The van der Waals surface area contributed by atoms with E-state index < -0.39 is 0 Å². The molecule has 4 heteroatoms. The van der Waals surface area contributed by atoms with Gasteiger partial charge in [-0.2, -0.15) is 5.10 Å². The fourth-order valence-corrected chi connectivity index (χ4v) is 2.42. The van der Waals surface area contributed by atoms with Crippen LogP contribution in [-0.2, 0) is 18.3 Å². The summed E-state index contributed by atoms with van der Waals surface area (Å²) in [4.78, 5) is 12.0. The molecule has 0 spiro atoms. The van der Waals surface area contributed by atoms with Crippen LogP contribution < -0.4 is 5.32 Å². The molecule has 114 valence electrons. The van der Waals surface area contributed by atoms with Crippen LogP contribution in [0.15, 0.2) is 0 Å². The van der Waals surface area contributed by atoms with Crippen molar-refractivity contribution in [1.29, 1.82) is 0 Å². The lowest BCUT2D eigenvalue weighted by molar-refractivity contribution is -0.121. The third kappa shape index (κ3) is 4.99. The van der Waals surface area contributed by atoms with Gasteiger partial charge < -0.3 is 5.32 Å². The van der Waals surface area contributed by atoms with Gasteiger partial charge in [0.15, 0.2) is 0 Å². The summed E-state index contributed by atoms with van der Waals surface area (Å²) in [6, 6.07) is 0.265. The lowest BCUT2D eigenvalue weighted by Crippen LogP contribution is -2.32. The van der Waals surface area contributed by atoms with Crippen LogP contribution >= 0.6 is 0 Å². The summed E-state index contributed by atoms with van der Waals surface area (Å²) in [5, 5.41) is 7.47. The van der Waals surface area contributed by atoms with Crippen molar-refractivity contribution in [2.45, 2.75) is 66.3 Å². The van der Waals surface area contributed by atoms with E-state index in [4.69, 9.17) is 0 Å². The van der Waals surface area contributed by atoms with Crippen LogP contribution in [0.25, 0.3) is 0 Å². The molecule has 1 N–H and O–H groups in total. The Balaban J connectivity index is 2.40. The number of rotatable bonds is 7. The second-order valence-corrected chi connectivity index (χ2v) is 6.21. The van der Waals surface area contributed by atoms with Crippen molar-refractivity contribution in [2.24, 2.45) is 13.0 Å². The highest BCUT2D eigenvalue weighted by molar-refractivity contribution is 5.76. The number of carbonyl (C=O) groups excluding carboxylic acids is 1. The second kappa shape index (κ2) is 7.46. The minimum atomic E-state index is 0.143. The van der Waals surface area contributed by atoms with Crippen LogP contribution in [0.2, 0.25) is 0 Å². The predicted molar refractivity (Wildman–Crippen MR) is 82.7 cm³/mol. The second-order valence-electron chi connectivity index (χ2n) is 6.21. The minimum absolute atomic E-state index is 0.143. The molecule has 0 aliphatic carbocycles. The predicted octanol–water partition coefficient (Wildman–Crippen LogP) is 2.91. The van der Waals surface area contributed by atoms with E-state index in [1.54, 1.807) is 0 Å². The first kappa shape index (κ1) is 16.7.